The molecule has 6 heterocycles. The maximum Gasteiger partial charge on any atom is 0.407 e. The Balaban J connectivity index is 0.969. The molecule has 2 aliphatic heterocycles. The number of nitrogens with one attached hydrogen (secondary N) is 4. The fourth-order valence-corrected chi connectivity index (χ4v) is 9.86. The SMILES string of the molecule is COC(=O)N[C@H](C(=O)N1CC=CC1c1ncc(-c2csc3c(-c4ccc(-c5cnc(C6C=CCN6C(=O)[C@H](NC(=O)OC)c6ccccc6)[nH]5)cc4)csc23)[nH]1)C(C)C. The molecule has 8 rings (SSSR count). The molecule has 4 amide bonds. The van der Waals surface area contributed by atoms with E-state index in [0.29, 0.717) is 30.3 Å². The van der Waals surface area contributed by atoms with E-state index in [-0.39, 0.29) is 17.7 Å². The molecule has 6 aromatic rings. The summed E-state index contributed by atoms with van der Waals surface area (Å²) >= 11 is 3.34. The number of carbonyl (C=O) groups is 4. The molecule has 4 atom stereocenters. The molecule has 59 heavy (non-hydrogen) atoms. The minimum absolute atomic E-state index is 0.139. The summed E-state index contributed by atoms with van der Waals surface area (Å²) in [6.45, 7) is 4.55. The van der Waals surface area contributed by atoms with Crippen LogP contribution in [0.2, 0.25) is 0 Å². The van der Waals surface area contributed by atoms with Gasteiger partial charge in [-0.3, -0.25) is 9.59 Å². The van der Waals surface area contributed by atoms with Gasteiger partial charge in [0.1, 0.15) is 35.8 Å². The molecule has 0 spiro atoms. The van der Waals surface area contributed by atoms with Gasteiger partial charge in [0.2, 0.25) is 5.91 Å². The van der Waals surface area contributed by atoms with E-state index >= 15 is 0 Å². The number of hydrogen-bond acceptors (Lipinski definition) is 10. The van der Waals surface area contributed by atoms with Gasteiger partial charge in [-0.15, -0.1) is 22.7 Å². The molecule has 0 bridgehead atoms. The van der Waals surface area contributed by atoms with Crippen LogP contribution in [-0.4, -0.2) is 87.1 Å². The number of rotatable bonds is 11. The first kappa shape index (κ1) is 39.3. The highest BCUT2D eigenvalue weighted by molar-refractivity contribution is 7.27. The smallest absolute Gasteiger partial charge is 0.407 e. The van der Waals surface area contributed by atoms with Crippen molar-refractivity contribution in [3.05, 3.63) is 119 Å². The minimum Gasteiger partial charge on any atom is -0.453 e. The zero-order chi connectivity index (χ0) is 41.2. The third-order valence-electron chi connectivity index (χ3n) is 10.5. The van der Waals surface area contributed by atoms with E-state index in [1.807, 2.05) is 62.5 Å². The fraction of sp³-hybridized carbons (Fsp3) is 0.256. The number of methoxy groups -OCH3 is 2. The monoisotopic (exact) mass is 830 g/mol. The van der Waals surface area contributed by atoms with Gasteiger partial charge in [-0.05, 0) is 22.6 Å². The van der Waals surface area contributed by atoms with Crippen LogP contribution in [0, 0.1) is 5.92 Å². The van der Waals surface area contributed by atoms with Crippen molar-refractivity contribution < 1.29 is 28.7 Å². The van der Waals surface area contributed by atoms with Crippen molar-refractivity contribution in [1.29, 1.82) is 0 Å². The van der Waals surface area contributed by atoms with Gasteiger partial charge in [0, 0.05) is 35.0 Å². The molecule has 0 fully saturated rings. The van der Waals surface area contributed by atoms with Crippen molar-refractivity contribution in [3.8, 4) is 33.6 Å². The topological polar surface area (TPSA) is 175 Å². The van der Waals surface area contributed by atoms with Gasteiger partial charge < -0.3 is 39.9 Å². The van der Waals surface area contributed by atoms with E-state index in [0.717, 1.165) is 43.0 Å². The van der Waals surface area contributed by atoms with Gasteiger partial charge >= 0.3 is 12.2 Å². The van der Waals surface area contributed by atoms with E-state index in [4.69, 9.17) is 14.5 Å². The van der Waals surface area contributed by atoms with Crippen molar-refractivity contribution in [2.45, 2.75) is 38.0 Å². The number of hydrogen-bond donors (Lipinski definition) is 4. The number of amides is 4. The van der Waals surface area contributed by atoms with Crippen LogP contribution < -0.4 is 10.6 Å². The first-order valence-corrected chi connectivity index (χ1v) is 20.8. The van der Waals surface area contributed by atoms with E-state index < -0.39 is 36.4 Å². The molecule has 0 saturated heterocycles. The molecular weight excluding hydrogens is 789 g/mol. The second kappa shape index (κ2) is 16.8. The molecule has 2 unspecified atom stereocenters. The maximum absolute atomic E-state index is 13.9. The summed E-state index contributed by atoms with van der Waals surface area (Å²) in [7, 11) is 2.55. The lowest BCUT2D eigenvalue weighted by molar-refractivity contribution is -0.135. The normalized spacial score (nSPS) is 17.1. The molecule has 2 aromatic carbocycles. The van der Waals surface area contributed by atoms with Crippen LogP contribution in [0.3, 0.4) is 0 Å². The van der Waals surface area contributed by atoms with E-state index in [9.17, 15) is 19.2 Å². The second-order valence-corrected chi connectivity index (χ2v) is 16.2. The van der Waals surface area contributed by atoms with Crippen molar-refractivity contribution in [2.24, 2.45) is 5.92 Å². The zero-order valence-corrected chi connectivity index (χ0v) is 34.3. The van der Waals surface area contributed by atoms with Crippen molar-refractivity contribution >= 4 is 56.1 Å². The number of carbonyl (C=O) groups excluding carboxylic acids is 4. The number of H-pyrrole nitrogens is 2. The van der Waals surface area contributed by atoms with Crippen LogP contribution in [-0.2, 0) is 19.1 Å². The Morgan fingerprint density at radius 1 is 0.712 bits per heavy atom. The van der Waals surface area contributed by atoms with Crippen LogP contribution in [0.4, 0.5) is 9.59 Å². The Kier molecular flexibility index (Phi) is 11.2. The third-order valence-corrected chi connectivity index (χ3v) is 12.7. The number of ether oxygens (including phenoxy) is 2. The quantitative estimate of drug-likeness (QED) is 0.0959. The van der Waals surface area contributed by atoms with E-state index in [2.05, 4.69) is 60.6 Å². The van der Waals surface area contributed by atoms with Gasteiger partial charge in [-0.2, -0.15) is 0 Å². The van der Waals surface area contributed by atoms with Gasteiger partial charge in [0.25, 0.3) is 5.91 Å². The van der Waals surface area contributed by atoms with Crippen molar-refractivity contribution in [2.75, 3.05) is 27.3 Å². The van der Waals surface area contributed by atoms with Crippen LogP contribution in [0.5, 0.6) is 0 Å². The third kappa shape index (κ3) is 7.76. The standard InChI is InChI=1S/C43H42N8O6S2/c1-24(2)34(48-42(54)56-3)40(52)50-18-8-13-33(50)39-45-21-31(47-39)29-23-59-36-28(22-58-37(29)36)25-14-16-26(17-15-25)30-20-44-38(46-30)32-12-9-19-51(32)41(53)35(49-43(55)57-4)27-10-6-5-7-11-27/h5-17,20-24,32-35H,18-19H2,1-4H3,(H,44,46)(H,45,47)(H,48,54)(H,49,55)/t32?,33?,34-,35+/m0/s1. The Morgan fingerprint density at radius 3 is 1.88 bits per heavy atom. The molecule has 0 aliphatic carbocycles. The lowest BCUT2D eigenvalue weighted by atomic mass is 10.0. The second-order valence-electron chi connectivity index (χ2n) is 14.5. The summed E-state index contributed by atoms with van der Waals surface area (Å²) in [6.07, 6.45) is 9.98. The Morgan fingerprint density at radius 2 is 1.25 bits per heavy atom. The Bertz CT molecular complexity index is 2550. The number of imidazole rings is 2. The van der Waals surface area contributed by atoms with Crippen LogP contribution >= 0.6 is 22.7 Å². The Labute approximate surface area is 348 Å². The van der Waals surface area contributed by atoms with Gasteiger partial charge in [-0.1, -0.05) is 92.7 Å². The number of aromatic amines is 2. The molecule has 16 heteroatoms. The number of thiophene rings is 2. The average Bonchev–Trinajstić information content (AvgIpc) is 4.11. The van der Waals surface area contributed by atoms with Gasteiger partial charge in [-0.25, -0.2) is 19.6 Å². The molecular formula is C43H42N8O6S2. The molecule has 4 N–H and O–H groups in total. The average molecular weight is 831 g/mol. The largest absolute Gasteiger partial charge is 0.453 e. The summed E-state index contributed by atoms with van der Waals surface area (Å²) < 4.78 is 11.9. The minimum atomic E-state index is -0.924. The number of fused-ring (bicyclic) bond motifs is 1. The highest BCUT2D eigenvalue weighted by atomic mass is 32.1. The summed E-state index contributed by atoms with van der Waals surface area (Å²) in [6, 6.07) is 14.9. The predicted octanol–water partition coefficient (Wildman–Crippen LogP) is 7.77. The predicted molar refractivity (Wildman–Crippen MR) is 226 cm³/mol. The van der Waals surface area contributed by atoms with Crippen molar-refractivity contribution in [3.63, 3.8) is 0 Å². The summed E-state index contributed by atoms with van der Waals surface area (Å²) in [4.78, 5) is 71.3. The highest BCUT2D eigenvalue weighted by Crippen LogP contribution is 2.44. The van der Waals surface area contributed by atoms with Gasteiger partial charge in [0.15, 0.2) is 0 Å². The first-order valence-electron chi connectivity index (χ1n) is 19.0. The molecule has 0 radical (unpaired) electrons. The van der Waals surface area contributed by atoms with Gasteiger partial charge in [0.05, 0.1) is 47.4 Å². The lowest BCUT2D eigenvalue weighted by Crippen LogP contribution is -2.51. The summed E-state index contributed by atoms with van der Waals surface area (Å²) in [5.74, 6) is 0.640. The number of aromatic nitrogens is 4. The van der Waals surface area contributed by atoms with E-state index in [1.54, 1.807) is 50.8 Å². The van der Waals surface area contributed by atoms with Crippen LogP contribution in [0.15, 0.2) is 102 Å². The first-order chi connectivity index (χ1) is 28.6. The molecule has 4 aromatic heterocycles. The fourth-order valence-electron chi connectivity index (χ4n) is 7.42. The highest BCUT2D eigenvalue weighted by Gasteiger charge is 2.36. The molecule has 2 aliphatic rings. The maximum atomic E-state index is 13.9. The molecule has 302 valence electrons. The van der Waals surface area contributed by atoms with Crippen molar-refractivity contribution in [1.82, 2.24) is 40.4 Å². The van der Waals surface area contributed by atoms with Crippen LogP contribution in [0.25, 0.3) is 43.0 Å². The van der Waals surface area contributed by atoms with Crippen LogP contribution in [0.1, 0.15) is 49.2 Å². The molecule has 0 saturated carbocycles. The summed E-state index contributed by atoms with van der Waals surface area (Å²) in [5, 5.41) is 9.66. The lowest BCUT2D eigenvalue weighted by Gasteiger charge is -2.29. The summed E-state index contributed by atoms with van der Waals surface area (Å²) in [5.41, 5.74) is 6.51. The molecule has 14 nitrogen and oxygen atoms in total. The number of nitrogens with zero attached hydrogens (tertiary/aromatic N) is 4. The van der Waals surface area contributed by atoms with E-state index in [1.165, 1.54) is 14.2 Å². The zero-order valence-electron chi connectivity index (χ0n) is 32.7. The Hall–Kier alpha value is -6.52. The number of alkyl carbamates (subject to hydrolysis) is 2. The number of benzene rings is 2.